The van der Waals surface area contributed by atoms with E-state index in [1.165, 1.54) is 39.0 Å². The number of rotatable bonds is 5. The molecule has 1 aliphatic rings. The summed E-state index contributed by atoms with van der Waals surface area (Å²) in [7, 11) is 1.46. The molecule has 1 amide bonds. The van der Waals surface area contributed by atoms with Crippen molar-refractivity contribution in [3.05, 3.63) is 23.8 Å². The summed E-state index contributed by atoms with van der Waals surface area (Å²) >= 11 is 0. The molecule has 1 saturated carbocycles. The highest BCUT2D eigenvalue weighted by atomic mass is 16.5. The van der Waals surface area contributed by atoms with Gasteiger partial charge in [0.2, 0.25) is 0 Å². The van der Waals surface area contributed by atoms with Gasteiger partial charge in [0, 0.05) is 12.1 Å². The standard InChI is InChI=1S/C18H25NO5/c1-12(17(21)19-13-7-5-3-4-6-8-13)24-18(22)15-10-9-14(23-2)11-16(15)20/h9-13,20H,3-8H2,1-2H3,(H,19,21)/t12-/m0/s1. The summed E-state index contributed by atoms with van der Waals surface area (Å²) in [5.41, 5.74) is 0.00455. The van der Waals surface area contributed by atoms with Gasteiger partial charge < -0.3 is 19.9 Å². The minimum atomic E-state index is -0.915. The fourth-order valence-corrected chi connectivity index (χ4v) is 2.83. The van der Waals surface area contributed by atoms with E-state index in [0.29, 0.717) is 5.75 Å². The molecular weight excluding hydrogens is 310 g/mol. The number of amides is 1. The first-order chi connectivity index (χ1) is 11.5. The zero-order valence-electron chi connectivity index (χ0n) is 14.2. The summed E-state index contributed by atoms with van der Waals surface area (Å²) < 4.78 is 10.1. The maximum Gasteiger partial charge on any atom is 0.342 e. The van der Waals surface area contributed by atoms with Crippen molar-refractivity contribution in [2.45, 2.75) is 57.6 Å². The van der Waals surface area contributed by atoms with Crippen molar-refractivity contribution in [1.82, 2.24) is 5.32 Å². The molecule has 132 valence electrons. The van der Waals surface area contributed by atoms with E-state index >= 15 is 0 Å². The zero-order chi connectivity index (χ0) is 17.5. The lowest BCUT2D eigenvalue weighted by Crippen LogP contribution is -2.41. The number of carbonyl (C=O) groups is 2. The fourth-order valence-electron chi connectivity index (χ4n) is 2.83. The molecular formula is C18H25NO5. The van der Waals surface area contributed by atoms with Crippen LogP contribution >= 0.6 is 0 Å². The quantitative estimate of drug-likeness (QED) is 0.638. The molecule has 6 heteroatoms. The Morgan fingerprint density at radius 1 is 1.21 bits per heavy atom. The summed E-state index contributed by atoms with van der Waals surface area (Å²) in [6.07, 6.45) is 5.64. The summed E-state index contributed by atoms with van der Waals surface area (Å²) in [6.45, 7) is 1.53. The lowest BCUT2D eigenvalue weighted by atomic mass is 10.1. The van der Waals surface area contributed by atoms with Gasteiger partial charge in [-0.3, -0.25) is 4.79 Å². The monoisotopic (exact) mass is 335 g/mol. The number of ether oxygens (including phenoxy) is 2. The molecule has 1 fully saturated rings. The van der Waals surface area contributed by atoms with E-state index in [4.69, 9.17) is 9.47 Å². The van der Waals surface area contributed by atoms with Crippen LogP contribution in [0.25, 0.3) is 0 Å². The molecule has 0 bridgehead atoms. The van der Waals surface area contributed by atoms with Crippen LogP contribution in [0, 0.1) is 0 Å². The van der Waals surface area contributed by atoms with Crippen LogP contribution in [0.3, 0.4) is 0 Å². The number of nitrogens with one attached hydrogen (secondary N) is 1. The van der Waals surface area contributed by atoms with E-state index < -0.39 is 12.1 Å². The first-order valence-electron chi connectivity index (χ1n) is 8.39. The van der Waals surface area contributed by atoms with Gasteiger partial charge in [0.15, 0.2) is 6.10 Å². The highest BCUT2D eigenvalue weighted by Gasteiger charge is 2.23. The second-order valence-electron chi connectivity index (χ2n) is 6.13. The van der Waals surface area contributed by atoms with Gasteiger partial charge in [-0.05, 0) is 31.9 Å². The molecule has 1 atom stereocenters. The normalized spacial score (nSPS) is 16.8. The van der Waals surface area contributed by atoms with Crippen LogP contribution in [0.2, 0.25) is 0 Å². The highest BCUT2D eigenvalue weighted by molar-refractivity contribution is 5.94. The summed E-state index contributed by atoms with van der Waals surface area (Å²) in [4.78, 5) is 24.3. The van der Waals surface area contributed by atoms with Crippen LogP contribution in [-0.4, -0.2) is 36.2 Å². The largest absolute Gasteiger partial charge is 0.507 e. The number of hydrogen-bond acceptors (Lipinski definition) is 5. The summed E-state index contributed by atoms with van der Waals surface area (Å²) in [6, 6.07) is 4.43. The Kier molecular flexibility index (Phi) is 6.46. The van der Waals surface area contributed by atoms with Crippen LogP contribution in [0.4, 0.5) is 0 Å². The predicted octanol–water partition coefficient (Wildman–Crippen LogP) is 2.79. The topological polar surface area (TPSA) is 84.9 Å². The lowest BCUT2D eigenvalue weighted by molar-refractivity contribution is -0.129. The van der Waals surface area contributed by atoms with Gasteiger partial charge >= 0.3 is 5.97 Å². The molecule has 0 aliphatic heterocycles. The third-order valence-electron chi connectivity index (χ3n) is 4.28. The lowest BCUT2D eigenvalue weighted by Gasteiger charge is -2.19. The molecule has 6 nitrogen and oxygen atoms in total. The van der Waals surface area contributed by atoms with E-state index in [2.05, 4.69) is 5.32 Å². The van der Waals surface area contributed by atoms with Crippen molar-refractivity contribution in [1.29, 1.82) is 0 Å². The SMILES string of the molecule is COc1ccc(C(=O)O[C@@H](C)C(=O)NC2CCCCCC2)c(O)c1. The molecule has 0 unspecified atom stereocenters. The number of carbonyl (C=O) groups excluding carboxylic acids is 2. The van der Waals surface area contributed by atoms with E-state index in [0.717, 1.165) is 25.7 Å². The molecule has 0 saturated heterocycles. The van der Waals surface area contributed by atoms with Crippen molar-refractivity contribution in [2.75, 3.05) is 7.11 Å². The molecule has 24 heavy (non-hydrogen) atoms. The number of methoxy groups -OCH3 is 1. The number of esters is 1. The minimum Gasteiger partial charge on any atom is -0.507 e. The van der Waals surface area contributed by atoms with E-state index in [1.54, 1.807) is 6.07 Å². The third kappa shape index (κ3) is 4.88. The molecule has 1 aromatic carbocycles. The highest BCUT2D eigenvalue weighted by Crippen LogP contribution is 2.24. The zero-order valence-corrected chi connectivity index (χ0v) is 14.2. The van der Waals surface area contributed by atoms with Crippen LogP contribution in [0.15, 0.2) is 18.2 Å². The van der Waals surface area contributed by atoms with Crippen LogP contribution in [0.5, 0.6) is 11.5 Å². The average Bonchev–Trinajstić information content (AvgIpc) is 2.83. The first-order valence-corrected chi connectivity index (χ1v) is 8.39. The molecule has 2 rings (SSSR count). The van der Waals surface area contributed by atoms with Crippen LogP contribution in [0.1, 0.15) is 55.8 Å². The van der Waals surface area contributed by atoms with Crippen molar-refractivity contribution < 1.29 is 24.2 Å². The van der Waals surface area contributed by atoms with Gasteiger partial charge in [-0.25, -0.2) is 4.79 Å². The Labute approximate surface area is 142 Å². The van der Waals surface area contributed by atoms with Crippen molar-refractivity contribution in [3.63, 3.8) is 0 Å². The average molecular weight is 335 g/mol. The van der Waals surface area contributed by atoms with Crippen LogP contribution < -0.4 is 10.1 Å². The van der Waals surface area contributed by atoms with Gasteiger partial charge in [-0.1, -0.05) is 25.7 Å². The predicted molar refractivity (Wildman–Crippen MR) is 89.2 cm³/mol. The fraction of sp³-hybridized carbons (Fsp3) is 0.556. The van der Waals surface area contributed by atoms with Gasteiger partial charge in [0.1, 0.15) is 17.1 Å². The van der Waals surface area contributed by atoms with Crippen molar-refractivity contribution in [2.24, 2.45) is 0 Å². The van der Waals surface area contributed by atoms with E-state index in [1.807, 2.05) is 0 Å². The van der Waals surface area contributed by atoms with Gasteiger partial charge in [0.25, 0.3) is 5.91 Å². The molecule has 1 aliphatic carbocycles. The maximum absolute atomic E-state index is 12.2. The Bertz CT molecular complexity index is 579. The molecule has 0 radical (unpaired) electrons. The number of phenolic OH excluding ortho intramolecular Hbond substituents is 1. The van der Waals surface area contributed by atoms with E-state index in [9.17, 15) is 14.7 Å². The first kappa shape index (κ1) is 18.1. The molecule has 2 N–H and O–H groups in total. The minimum absolute atomic E-state index is 0.00455. The Balaban J connectivity index is 1.91. The Hall–Kier alpha value is -2.24. The number of phenols is 1. The smallest absolute Gasteiger partial charge is 0.342 e. The Morgan fingerprint density at radius 3 is 2.46 bits per heavy atom. The number of hydrogen-bond donors (Lipinski definition) is 2. The van der Waals surface area contributed by atoms with Crippen molar-refractivity contribution in [3.8, 4) is 11.5 Å². The summed E-state index contributed by atoms with van der Waals surface area (Å²) in [5.74, 6) is -0.846. The van der Waals surface area contributed by atoms with Gasteiger partial charge in [0.05, 0.1) is 7.11 Å². The van der Waals surface area contributed by atoms with Gasteiger partial charge in [-0.2, -0.15) is 0 Å². The van der Waals surface area contributed by atoms with Crippen LogP contribution in [-0.2, 0) is 9.53 Å². The van der Waals surface area contributed by atoms with Crippen molar-refractivity contribution >= 4 is 11.9 Å². The maximum atomic E-state index is 12.2. The molecule has 0 spiro atoms. The van der Waals surface area contributed by atoms with E-state index in [-0.39, 0.29) is 23.3 Å². The second-order valence-corrected chi connectivity index (χ2v) is 6.13. The molecule has 0 aromatic heterocycles. The Morgan fingerprint density at radius 2 is 1.88 bits per heavy atom. The second kappa shape index (κ2) is 8.57. The third-order valence-corrected chi connectivity index (χ3v) is 4.28. The molecule has 0 heterocycles. The number of aromatic hydroxyl groups is 1. The molecule has 1 aromatic rings. The number of benzene rings is 1. The van der Waals surface area contributed by atoms with Gasteiger partial charge in [-0.15, -0.1) is 0 Å². The summed E-state index contributed by atoms with van der Waals surface area (Å²) in [5, 5.41) is 12.8.